The van der Waals surface area contributed by atoms with Crippen molar-refractivity contribution in [3.8, 4) is 11.4 Å². The molecule has 0 bridgehead atoms. The molecule has 208 valence electrons. The summed E-state index contributed by atoms with van der Waals surface area (Å²) in [5.41, 5.74) is 7.00. The number of nitrogens with zero attached hydrogens (tertiary/aromatic N) is 3. The Morgan fingerprint density at radius 3 is 2.20 bits per heavy atom. The third kappa shape index (κ3) is 6.50. The van der Waals surface area contributed by atoms with Crippen LogP contribution in [0.15, 0.2) is 82.8 Å². The van der Waals surface area contributed by atoms with E-state index in [2.05, 4.69) is 10.5 Å². The Hall–Kier alpha value is -3.79. The van der Waals surface area contributed by atoms with Crippen LogP contribution in [0, 0.1) is 20.8 Å². The first-order valence-corrected chi connectivity index (χ1v) is 14.4. The molecule has 0 unspecified atom stereocenters. The van der Waals surface area contributed by atoms with E-state index in [0.717, 1.165) is 32.5 Å². The number of halogens is 2. The number of amides is 1. The number of ether oxygens (including phenoxy) is 1. The molecule has 1 N–H and O–H groups in total. The SMILES string of the molecule is COc1ccc(N(CC(=O)N/N=C/c2cc(C)n(-c3cc(Cl)cc(Cl)c3)c2C)S(=O)(=O)c2ccc(C)cc2)cc1. The number of carbonyl (C=O) groups excluding carboxylic acids is 1. The second kappa shape index (κ2) is 12.2. The number of carbonyl (C=O) groups is 1. The van der Waals surface area contributed by atoms with Crippen molar-refractivity contribution in [2.45, 2.75) is 25.7 Å². The van der Waals surface area contributed by atoms with Crippen molar-refractivity contribution in [2.75, 3.05) is 18.0 Å². The Labute approximate surface area is 243 Å². The summed E-state index contributed by atoms with van der Waals surface area (Å²) >= 11 is 12.4. The number of methoxy groups -OCH3 is 1. The van der Waals surface area contributed by atoms with E-state index >= 15 is 0 Å². The first-order valence-electron chi connectivity index (χ1n) is 12.2. The molecule has 0 atom stereocenters. The molecule has 40 heavy (non-hydrogen) atoms. The number of nitrogens with one attached hydrogen (secondary N) is 1. The van der Waals surface area contributed by atoms with E-state index in [0.29, 0.717) is 21.5 Å². The number of hydrazone groups is 1. The smallest absolute Gasteiger partial charge is 0.264 e. The average Bonchev–Trinajstić information content (AvgIpc) is 3.19. The molecule has 1 amide bonds. The largest absolute Gasteiger partial charge is 0.497 e. The highest BCUT2D eigenvalue weighted by Crippen LogP contribution is 2.27. The molecular weight excluding hydrogens is 571 g/mol. The van der Waals surface area contributed by atoms with Gasteiger partial charge in [0.05, 0.1) is 23.9 Å². The number of sulfonamides is 1. The zero-order chi connectivity index (χ0) is 29.0. The lowest BCUT2D eigenvalue weighted by Gasteiger charge is -2.24. The molecule has 1 aromatic heterocycles. The summed E-state index contributed by atoms with van der Waals surface area (Å²) in [5, 5.41) is 5.12. The summed E-state index contributed by atoms with van der Waals surface area (Å²) in [5.74, 6) is -0.0543. The Morgan fingerprint density at radius 2 is 1.60 bits per heavy atom. The Morgan fingerprint density at radius 1 is 0.975 bits per heavy atom. The van der Waals surface area contributed by atoms with E-state index in [4.69, 9.17) is 27.9 Å². The van der Waals surface area contributed by atoms with Crippen molar-refractivity contribution < 1.29 is 17.9 Å². The maximum atomic E-state index is 13.6. The molecular formula is C29H28Cl2N4O4S. The summed E-state index contributed by atoms with van der Waals surface area (Å²) in [6.45, 7) is 5.22. The van der Waals surface area contributed by atoms with E-state index in [1.807, 2.05) is 31.4 Å². The third-order valence-electron chi connectivity index (χ3n) is 6.23. The van der Waals surface area contributed by atoms with E-state index < -0.39 is 22.5 Å². The van der Waals surface area contributed by atoms with E-state index in [9.17, 15) is 13.2 Å². The molecule has 0 fully saturated rings. The molecule has 0 radical (unpaired) electrons. The Bertz CT molecular complexity index is 1650. The van der Waals surface area contributed by atoms with Gasteiger partial charge in [0.25, 0.3) is 15.9 Å². The summed E-state index contributed by atoms with van der Waals surface area (Å²) < 4.78 is 35.3. The highest BCUT2D eigenvalue weighted by molar-refractivity contribution is 7.92. The van der Waals surface area contributed by atoms with Gasteiger partial charge in [-0.3, -0.25) is 9.10 Å². The number of aromatic nitrogens is 1. The standard InChI is InChI=1S/C29H28Cl2N4O4S/c1-19-5-11-28(12-6-19)40(37,38)34(25-7-9-27(39-4)10-8-25)18-29(36)33-32-17-22-13-20(2)35(21(22)3)26-15-23(30)14-24(31)16-26/h5-17H,18H2,1-4H3,(H,33,36)/b32-17+. The van der Waals surface area contributed by atoms with Gasteiger partial charge in [-0.05, 0) is 81.4 Å². The minimum Gasteiger partial charge on any atom is -0.497 e. The number of rotatable bonds is 9. The van der Waals surface area contributed by atoms with Gasteiger partial charge in [-0.2, -0.15) is 5.10 Å². The molecule has 1 heterocycles. The molecule has 0 spiro atoms. The Kier molecular flexibility index (Phi) is 8.88. The van der Waals surface area contributed by atoms with Gasteiger partial charge in [0.2, 0.25) is 0 Å². The lowest BCUT2D eigenvalue weighted by molar-refractivity contribution is -0.119. The van der Waals surface area contributed by atoms with Gasteiger partial charge in [0.15, 0.2) is 0 Å². The second-order valence-corrected chi connectivity index (χ2v) is 11.8. The van der Waals surface area contributed by atoms with Crippen LogP contribution < -0.4 is 14.5 Å². The van der Waals surface area contributed by atoms with Crippen molar-refractivity contribution in [3.05, 3.63) is 105 Å². The molecule has 0 saturated carbocycles. The topological polar surface area (TPSA) is 93.0 Å². The number of anilines is 1. The van der Waals surface area contributed by atoms with Crippen LogP contribution in [0.4, 0.5) is 5.69 Å². The van der Waals surface area contributed by atoms with E-state index in [1.165, 1.54) is 25.5 Å². The van der Waals surface area contributed by atoms with E-state index in [-0.39, 0.29) is 4.90 Å². The van der Waals surface area contributed by atoms with E-state index in [1.54, 1.807) is 54.6 Å². The fourth-order valence-corrected chi connectivity index (χ4v) is 6.16. The van der Waals surface area contributed by atoms with Gasteiger partial charge in [0.1, 0.15) is 12.3 Å². The molecule has 3 aromatic carbocycles. The molecule has 4 aromatic rings. The fourth-order valence-electron chi connectivity index (χ4n) is 4.22. The highest BCUT2D eigenvalue weighted by atomic mass is 35.5. The minimum absolute atomic E-state index is 0.0683. The summed E-state index contributed by atoms with van der Waals surface area (Å²) in [7, 11) is -2.54. The van der Waals surface area contributed by atoms with Gasteiger partial charge in [-0.25, -0.2) is 13.8 Å². The first-order chi connectivity index (χ1) is 19.0. The number of hydrogen-bond acceptors (Lipinski definition) is 5. The quantitative estimate of drug-likeness (QED) is 0.187. The predicted octanol–water partition coefficient (Wildman–Crippen LogP) is 6.06. The number of hydrogen-bond donors (Lipinski definition) is 1. The second-order valence-electron chi connectivity index (χ2n) is 9.11. The van der Waals surface area contributed by atoms with Crippen LogP contribution in [0.5, 0.6) is 5.75 Å². The minimum atomic E-state index is -4.05. The van der Waals surface area contributed by atoms with Crippen LogP contribution in [-0.4, -0.2) is 38.8 Å². The highest BCUT2D eigenvalue weighted by Gasteiger charge is 2.27. The van der Waals surface area contributed by atoms with Gasteiger partial charge in [-0.15, -0.1) is 0 Å². The first kappa shape index (κ1) is 29.2. The third-order valence-corrected chi connectivity index (χ3v) is 8.45. The monoisotopic (exact) mass is 598 g/mol. The van der Waals surface area contributed by atoms with Crippen LogP contribution in [0.2, 0.25) is 10.0 Å². The van der Waals surface area contributed by atoms with Crippen molar-refractivity contribution in [3.63, 3.8) is 0 Å². The van der Waals surface area contributed by atoms with Crippen LogP contribution >= 0.6 is 23.2 Å². The van der Waals surface area contributed by atoms with Crippen molar-refractivity contribution in [1.82, 2.24) is 9.99 Å². The number of benzene rings is 3. The van der Waals surface area contributed by atoms with Gasteiger partial charge in [-0.1, -0.05) is 40.9 Å². The maximum absolute atomic E-state index is 13.6. The van der Waals surface area contributed by atoms with Gasteiger partial charge >= 0.3 is 0 Å². The lowest BCUT2D eigenvalue weighted by atomic mass is 10.2. The molecule has 0 aliphatic rings. The normalized spacial score (nSPS) is 11.6. The summed E-state index contributed by atoms with van der Waals surface area (Å²) in [6, 6.07) is 20.0. The van der Waals surface area contributed by atoms with Crippen LogP contribution in [0.1, 0.15) is 22.5 Å². The number of aryl methyl sites for hydroxylation is 2. The van der Waals surface area contributed by atoms with Crippen molar-refractivity contribution >= 4 is 51.0 Å². The van der Waals surface area contributed by atoms with Crippen LogP contribution in [0.25, 0.3) is 5.69 Å². The summed E-state index contributed by atoms with van der Waals surface area (Å²) in [6.07, 6.45) is 1.51. The fraction of sp³-hybridized carbons (Fsp3) is 0.172. The maximum Gasteiger partial charge on any atom is 0.264 e. The lowest BCUT2D eigenvalue weighted by Crippen LogP contribution is -2.39. The molecule has 0 aliphatic heterocycles. The molecule has 11 heteroatoms. The van der Waals surface area contributed by atoms with Crippen molar-refractivity contribution in [1.29, 1.82) is 0 Å². The molecule has 0 saturated heterocycles. The van der Waals surface area contributed by atoms with Gasteiger partial charge < -0.3 is 9.30 Å². The molecule has 4 rings (SSSR count). The Balaban J connectivity index is 1.56. The van der Waals surface area contributed by atoms with Crippen LogP contribution in [-0.2, 0) is 14.8 Å². The average molecular weight is 600 g/mol. The van der Waals surface area contributed by atoms with Crippen molar-refractivity contribution in [2.24, 2.45) is 5.10 Å². The predicted molar refractivity (Wildman–Crippen MR) is 160 cm³/mol. The van der Waals surface area contributed by atoms with Crippen LogP contribution in [0.3, 0.4) is 0 Å². The summed E-state index contributed by atoms with van der Waals surface area (Å²) in [4.78, 5) is 13.0. The zero-order valence-corrected chi connectivity index (χ0v) is 24.7. The molecule has 0 aliphatic carbocycles. The molecule has 8 nitrogen and oxygen atoms in total. The van der Waals surface area contributed by atoms with Gasteiger partial charge in [0, 0.05) is 32.7 Å². The zero-order valence-electron chi connectivity index (χ0n) is 22.4.